The summed E-state index contributed by atoms with van der Waals surface area (Å²) in [6, 6.07) is 28.2. The third-order valence-corrected chi connectivity index (χ3v) is 9.24. The van der Waals surface area contributed by atoms with E-state index in [0.29, 0.717) is 24.2 Å². The van der Waals surface area contributed by atoms with Crippen LogP contribution in [0.2, 0.25) is 0 Å². The molecule has 6 nitrogen and oxygen atoms in total. The van der Waals surface area contributed by atoms with Crippen LogP contribution in [-0.4, -0.2) is 75.0 Å². The standard InChI is InChI=1S/C34H42N4O2.2ClH/c1-37-21-17-33(18-22-37,29-9-5-3-6-10-29)25-35-31(39)27-13-15-28(16-14-27)32(40)36-26-34(19-23-38(2)24-20-34)30-11-7-4-8-12-30;;/h3-16H,17-26H2,1-2H3,(H,35,39)(H,36,40);2*1H. The maximum atomic E-state index is 13.1. The van der Waals surface area contributed by atoms with Crippen LogP contribution in [0.3, 0.4) is 0 Å². The summed E-state index contributed by atoms with van der Waals surface area (Å²) in [4.78, 5) is 31.0. The molecule has 0 aromatic heterocycles. The molecule has 3 aromatic rings. The number of hydrogen-bond donors (Lipinski definition) is 2. The first kappa shape index (κ1) is 33.6. The van der Waals surface area contributed by atoms with Gasteiger partial charge in [-0.1, -0.05) is 60.7 Å². The number of benzene rings is 3. The maximum Gasteiger partial charge on any atom is 0.251 e. The molecule has 2 aliphatic rings. The monoisotopic (exact) mass is 610 g/mol. The van der Waals surface area contributed by atoms with Gasteiger partial charge >= 0.3 is 0 Å². The summed E-state index contributed by atoms with van der Waals surface area (Å²) >= 11 is 0. The van der Waals surface area contributed by atoms with Gasteiger partial charge in [-0.15, -0.1) is 24.8 Å². The van der Waals surface area contributed by atoms with Crippen LogP contribution in [-0.2, 0) is 10.8 Å². The molecule has 0 bridgehead atoms. The highest BCUT2D eigenvalue weighted by atomic mass is 35.5. The van der Waals surface area contributed by atoms with E-state index in [4.69, 9.17) is 0 Å². The number of amides is 2. The molecule has 42 heavy (non-hydrogen) atoms. The Balaban J connectivity index is 0.00000242. The van der Waals surface area contributed by atoms with Crippen molar-refractivity contribution in [2.24, 2.45) is 0 Å². The summed E-state index contributed by atoms with van der Waals surface area (Å²) in [7, 11) is 4.31. The first-order valence-electron chi connectivity index (χ1n) is 14.5. The number of halogens is 2. The van der Waals surface area contributed by atoms with Crippen LogP contribution in [0.25, 0.3) is 0 Å². The molecule has 2 heterocycles. The van der Waals surface area contributed by atoms with E-state index in [9.17, 15) is 9.59 Å². The molecule has 5 rings (SSSR count). The zero-order valence-electron chi connectivity index (χ0n) is 24.7. The fraction of sp³-hybridized carbons (Fsp3) is 0.412. The lowest BCUT2D eigenvalue weighted by atomic mass is 9.72. The third kappa shape index (κ3) is 7.73. The molecule has 0 spiro atoms. The van der Waals surface area contributed by atoms with E-state index in [0.717, 1.165) is 51.9 Å². The number of carbonyl (C=O) groups is 2. The number of hydrogen-bond acceptors (Lipinski definition) is 4. The molecule has 0 unspecified atom stereocenters. The predicted molar refractivity (Wildman–Crippen MR) is 175 cm³/mol. The molecule has 8 heteroatoms. The van der Waals surface area contributed by atoms with Crippen LogP contribution < -0.4 is 10.6 Å². The van der Waals surface area contributed by atoms with Gasteiger partial charge in [0.1, 0.15) is 0 Å². The van der Waals surface area contributed by atoms with Gasteiger partial charge in [-0.05, 0) is 101 Å². The van der Waals surface area contributed by atoms with Crippen molar-refractivity contribution in [2.45, 2.75) is 36.5 Å². The second-order valence-electron chi connectivity index (χ2n) is 11.8. The average molecular weight is 612 g/mol. The number of nitrogens with one attached hydrogen (secondary N) is 2. The zero-order valence-corrected chi connectivity index (χ0v) is 26.3. The first-order chi connectivity index (χ1) is 19.4. The van der Waals surface area contributed by atoms with Crippen molar-refractivity contribution in [3.05, 3.63) is 107 Å². The first-order valence-corrected chi connectivity index (χ1v) is 14.5. The molecular weight excluding hydrogens is 567 g/mol. The number of carbonyl (C=O) groups excluding carboxylic acids is 2. The lowest BCUT2D eigenvalue weighted by Gasteiger charge is -2.41. The molecule has 2 N–H and O–H groups in total. The second-order valence-corrected chi connectivity index (χ2v) is 11.8. The Kier molecular flexibility index (Phi) is 12.0. The van der Waals surface area contributed by atoms with Crippen LogP contribution in [0, 0.1) is 0 Å². The Morgan fingerprint density at radius 2 is 0.881 bits per heavy atom. The summed E-state index contributed by atoms with van der Waals surface area (Å²) in [5.74, 6) is -0.203. The molecule has 2 aliphatic heterocycles. The Morgan fingerprint density at radius 1 is 0.571 bits per heavy atom. The van der Waals surface area contributed by atoms with Gasteiger partial charge in [0.15, 0.2) is 0 Å². The van der Waals surface area contributed by atoms with Crippen molar-refractivity contribution in [1.82, 2.24) is 20.4 Å². The van der Waals surface area contributed by atoms with Gasteiger partial charge in [0.2, 0.25) is 0 Å². The minimum absolute atomic E-state index is 0. The fourth-order valence-corrected chi connectivity index (χ4v) is 6.29. The Hall–Kier alpha value is -2.90. The Labute approximate surface area is 263 Å². The number of rotatable bonds is 8. The van der Waals surface area contributed by atoms with E-state index in [1.54, 1.807) is 24.3 Å². The van der Waals surface area contributed by atoms with Crippen LogP contribution >= 0.6 is 24.8 Å². The van der Waals surface area contributed by atoms with E-state index in [-0.39, 0.29) is 47.5 Å². The molecule has 0 atom stereocenters. The van der Waals surface area contributed by atoms with Crippen molar-refractivity contribution in [3.63, 3.8) is 0 Å². The van der Waals surface area contributed by atoms with Crippen molar-refractivity contribution >= 4 is 36.6 Å². The quantitative estimate of drug-likeness (QED) is 0.362. The smallest absolute Gasteiger partial charge is 0.251 e. The van der Waals surface area contributed by atoms with E-state index in [1.807, 2.05) is 12.1 Å². The third-order valence-electron chi connectivity index (χ3n) is 9.24. The predicted octanol–water partition coefficient (Wildman–Crippen LogP) is 5.32. The van der Waals surface area contributed by atoms with Gasteiger partial charge in [-0.25, -0.2) is 0 Å². The topological polar surface area (TPSA) is 64.7 Å². The van der Waals surface area contributed by atoms with Gasteiger partial charge in [0.05, 0.1) is 0 Å². The minimum atomic E-state index is -0.101. The fourth-order valence-electron chi connectivity index (χ4n) is 6.29. The Bertz CT molecular complexity index is 1170. The maximum absolute atomic E-state index is 13.1. The molecule has 0 radical (unpaired) electrons. The van der Waals surface area contributed by atoms with Gasteiger partial charge < -0.3 is 20.4 Å². The second kappa shape index (κ2) is 15.0. The number of piperidine rings is 2. The summed E-state index contributed by atoms with van der Waals surface area (Å²) in [5.41, 5.74) is 3.59. The molecule has 2 saturated heterocycles. The molecule has 2 amide bonds. The van der Waals surface area contributed by atoms with Gasteiger partial charge in [0.25, 0.3) is 11.8 Å². The molecular formula is C34H44Cl2N4O2. The van der Waals surface area contributed by atoms with Crippen molar-refractivity contribution in [3.8, 4) is 0 Å². The molecule has 0 aliphatic carbocycles. The number of likely N-dealkylation sites (tertiary alicyclic amines) is 2. The van der Waals surface area contributed by atoms with Gasteiger partial charge in [-0.3, -0.25) is 9.59 Å². The lowest BCUT2D eigenvalue weighted by molar-refractivity contribution is 0.0916. The molecule has 3 aromatic carbocycles. The number of nitrogens with zero attached hydrogens (tertiary/aromatic N) is 2. The summed E-state index contributed by atoms with van der Waals surface area (Å²) in [6.45, 7) is 5.24. The van der Waals surface area contributed by atoms with Crippen molar-refractivity contribution in [1.29, 1.82) is 0 Å². The van der Waals surface area contributed by atoms with Crippen molar-refractivity contribution < 1.29 is 9.59 Å². The van der Waals surface area contributed by atoms with Gasteiger partial charge in [0, 0.05) is 35.0 Å². The van der Waals surface area contributed by atoms with E-state index in [2.05, 4.69) is 83.1 Å². The highest BCUT2D eigenvalue weighted by Gasteiger charge is 2.37. The summed E-state index contributed by atoms with van der Waals surface area (Å²) in [6.07, 6.45) is 4.03. The average Bonchev–Trinajstić information content (AvgIpc) is 3.01. The highest BCUT2D eigenvalue weighted by Crippen LogP contribution is 2.36. The normalized spacial score (nSPS) is 18.1. The van der Waals surface area contributed by atoms with Gasteiger partial charge in [-0.2, -0.15) is 0 Å². The summed E-state index contributed by atoms with van der Waals surface area (Å²) in [5, 5.41) is 6.41. The lowest BCUT2D eigenvalue weighted by Crippen LogP contribution is -2.48. The van der Waals surface area contributed by atoms with Crippen LogP contribution in [0.4, 0.5) is 0 Å². The van der Waals surface area contributed by atoms with E-state index in [1.165, 1.54) is 11.1 Å². The SMILES string of the molecule is CN1CCC(CNC(=O)c2ccc(C(=O)NCC3(c4ccccc4)CCN(C)CC3)cc2)(c2ccccc2)CC1.Cl.Cl. The highest BCUT2D eigenvalue weighted by molar-refractivity contribution is 5.97. The Morgan fingerprint density at radius 3 is 1.19 bits per heavy atom. The van der Waals surface area contributed by atoms with Crippen LogP contribution in [0.1, 0.15) is 57.5 Å². The summed E-state index contributed by atoms with van der Waals surface area (Å²) < 4.78 is 0. The molecule has 2 fully saturated rings. The zero-order chi connectivity index (χ0) is 28.0. The van der Waals surface area contributed by atoms with Crippen LogP contribution in [0.5, 0.6) is 0 Å². The van der Waals surface area contributed by atoms with E-state index >= 15 is 0 Å². The molecule has 226 valence electrons. The molecule has 0 saturated carbocycles. The van der Waals surface area contributed by atoms with E-state index < -0.39 is 0 Å². The minimum Gasteiger partial charge on any atom is -0.351 e. The van der Waals surface area contributed by atoms with Crippen LogP contribution in [0.15, 0.2) is 84.9 Å². The van der Waals surface area contributed by atoms with Crippen molar-refractivity contribution in [2.75, 3.05) is 53.4 Å². The largest absolute Gasteiger partial charge is 0.351 e.